The van der Waals surface area contributed by atoms with Crippen LogP contribution in [-0.2, 0) is 7.05 Å². The van der Waals surface area contributed by atoms with E-state index in [9.17, 15) is 8.78 Å². The van der Waals surface area contributed by atoms with Crippen molar-refractivity contribution in [3.8, 4) is 33.9 Å². The molecule has 35 heavy (non-hydrogen) atoms. The number of benzene rings is 1. The summed E-state index contributed by atoms with van der Waals surface area (Å²) < 4.78 is 39.7. The van der Waals surface area contributed by atoms with Crippen molar-refractivity contribution in [3.63, 3.8) is 0 Å². The van der Waals surface area contributed by atoms with E-state index in [1.54, 1.807) is 53.2 Å². The second-order valence-corrected chi connectivity index (χ2v) is 9.18. The van der Waals surface area contributed by atoms with Crippen molar-refractivity contribution in [1.29, 1.82) is 0 Å². The van der Waals surface area contributed by atoms with Crippen molar-refractivity contribution in [3.05, 3.63) is 82.8 Å². The molecule has 12 heteroatoms. The fourth-order valence-corrected chi connectivity index (χ4v) is 4.67. The van der Waals surface area contributed by atoms with Crippen LogP contribution in [-0.4, -0.2) is 24.7 Å². The predicted octanol–water partition coefficient (Wildman–Crippen LogP) is 6.84. The molecule has 0 atom stereocenters. The number of aryl methyl sites for hydroxylation is 1. The molecular weight excluding hydrogens is 514 g/mol. The van der Waals surface area contributed by atoms with Gasteiger partial charge >= 0.3 is 0 Å². The van der Waals surface area contributed by atoms with Gasteiger partial charge in [-0.25, -0.2) is 14.4 Å². The first kappa shape index (κ1) is 23.2. The van der Waals surface area contributed by atoms with Crippen molar-refractivity contribution >= 4 is 40.7 Å². The van der Waals surface area contributed by atoms with Gasteiger partial charge in [-0.15, -0.1) is 11.3 Å². The molecule has 1 N–H and O–H groups in total. The summed E-state index contributed by atoms with van der Waals surface area (Å²) in [5, 5.41) is 6.21. The summed E-state index contributed by atoms with van der Waals surface area (Å²) in [6, 6.07) is 7.54. The summed E-state index contributed by atoms with van der Waals surface area (Å²) in [4.78, 5) is 12.4. The van der Waals surface area contributed by atoms with E-state index >= 15 is 0 Å². The highest BCUT2D eigenvalue weighted by atomic mass is 35.5. The van der Waals surface area contributed by atoms with Gasteiger partial charge in [0.15, 0.2) is 5.75 Å². The molecule has 5 rings (SSSR count). The molecule has 5 aromatic rings. The largest absolute Gasteiger partial charge is 0.453 e. The zero-order valence-electron chi connectivity index (χ0n) is 17.9. The fourth-order valence-electron chi connectivity index (χ4n) is 3.19. The number of hydrogen-bond donors (Lipinski definition) is 1. The lowest BCUT2D eigenvalue weighted by Gasteiger charge is -2.14. The van der Waals surface area contributed by atoms with Crippen molar-refractivity contribution in [2.24, 2.45) is 7.05 Å². The quantitative estimate of drug-likeness (QED) is 0.183. The Labute approximate surface area is 211 Å². The van der Waals surface area contributed by atoms with E-state index in [0.29, 0.717) is 28.4 Å². The molecular formula is C23H15ClF2N6OS2. The minimum absolute atomic E-state index is 0.106. The van der Waals surface area contributed by atoms with Crippen LogP contribution in [0.4, 0.5) is 14.6 Å². The van der Waals surface area contributed by atoms with Crippen LogP contribution in [0.1, 0.15) is 0 Å². The van der Waals surface area contributed by atoms with Gasteiger partial charge in [0.25, 0.3) is 0 Å². The third-order valence-electron chi connectivity index (χ3n) is 4.82. The Morgan fingerprint density at radius 1 is 1.09 bits per heavy atom. The Balaban J connectivity index is 1.48. The van der Waals surface area contributed by atoms with Crippen molar-refractivity contribution < 1.29 is 13.5 Å². The predicted molar refractivity (Wildman–Crippen MR) is 133 cm³/mol. The van der Waals surface area contributed by atoms with Crippen LogP contribution in [0.5, 0.6) is 11.5 Å². The second kappa shape index (κ2) is 9.98. The molecule has 0 saturated heterocycles. The molecule has 0 fully saturated rings. The fraction of sp³-hybridized carbons (Fsp3) is 0.0435. The highest BCUT2D eigenvalue weighted by Crippen LogP contribution is 2.40. The summed E-state index contributed by atoms with van der Waals surface area (Å²) in [6.07, 6.45) is 6.21. The molecule has 0 saturated carbocycles. The van der Waals surface area contributed by atoms with Gasteiger partial charge in [0, 0.05) is 42.0 Å². The van der Waals surface area contributed by atoms with E-state index in [1.165, 1.54) is 35.9 Å². The van der Waals surface area contributed by atoms with Crippen LogP contribution in [0.3, 0.4) is 0 Å². The summed E-state index contributed by atoms with van der Waals surface area (Å²) in [7, 11) is 1.77. The van der Waals surface area contributed by atoms with Gasteiger partial charge in [0.2, 0.25) is 5.95 Å². The monoisotopic (exact) mass is 528 g/mol. The highest BCUT2D eigenvalue weighted by molar-refractivity contribution is 8.00. The van der Waals surface area contributed by atoms with Gasteiger partial charge in [-0.1, -0.05) is 11.6 Å². The molecule has 176 valence electrons. The maximum absolute atomic E-state index is 14.8. The summed E-state index contributed by atoms with van der Waals surface area (Å²) in [5.74, 6) is -0.145. The molecule has 0 aliphatic carbocycles. The minimum atomic E-state index is -0.643. The standard InChI is InChI=1S/C23H15ClF2N6OS2/c1-32-10-13(8-30-32)15-5-18(14-3-2-4-27-23(14)26)28-9-20(15)33-19-7-17(25)21(6-16(19)24)35-31-22-11-34-12-29-22/h2-12,31H,1H3. The molecule has 0 unspecified atom stereocenters. The van der Waals surface area contributed by atoms with E-state index in [2.05, 4.69) is 24.8 Å². The lowest BCUT2D eigenvalue weighted by atomic mass is 10.1. The van der Waals surface area contributed by atoms with E-state index in [1.807, 2.05) is 0 Å². The molecule has 7 nitrogen and oxygen atoms in total. The highest BCUT2D eigenvalue weighted by Gasteiger charge is 2.18. The van der Waals surface area contributed by atoms with Crippen LogP contribution in [0.2, 0.25) is 5.02 Å². The number of thiazole rings is 1. The Kier molecular flexibility index (Phi) is 6.62. The summed E-state index contributed by atoms with van der Waals surface area (Å²) >= 11 is 8.90. The van der Waals surface area contributed by atoms with Crippen molar-refractivity contribution in [2.45, 2.75) is 4.90 Å². The summed E-state index contributed by atoms with van der Waals surface area (Å²) in [5.41, 5.74) is 3.55. The van der Waals surface area contributed by atoms with Crippen LogP contribution >= 0.6 is 34.9 Å². The number of hydrogen-bond acceptors (Lipinski definition) is 8. The average molecular weight is 529 g/mol. The Morgan fingerprint density at radius 2 is 1.97 bits per heavy atom. The first-order valence-electron chi connectivity index (χ1n) is 10.1. The van der Waals surface area contributed by atoms with Crippen molar-refractivity contribution in [2.75, 3.05) is 4.72 Å². The maximum atomic E-state index is 14.8. The van der Waals surface area contributed by atoms with E-state index in [0.717, 1.165) is 11.9 Å². The first-order chi connectivity index (χ1) is 17.0. The molecule has 0 bridgehead atoms. The van der Waals surface area contributed by atoms with E-state index < -0.39 is 11.8 Å². The van der Waals surface area contributed by atoms with Crippen LogP contribution in [0, 0.1) is 11.8 Å². The molecule has 0 radical (unpaired) electrons. The number of nitrogens with one attached hydrogen (secondary N) is 1. The van der Waals surface area contributed by atoms with Crippen LogP contribution in [0.15, 0.2) is 70.9 Å². The normalized spacial score (nSPS) is 11.0. The molecule has 4 aromatic heterocycles. The number of halogens is 3. The number of ether oxygens (including phenoxy) is 1. The molecule has 0 aliphatic rings. The molecule has 0 amide bonds. The topological polar surface area (TPSA) is 77.8 Å². The zero-order chi connectivity index (χ0) is 24.4. The number of aromatic nitrogens is 5. The van der Waals surface area contributed by atoms with Crippen LogP contribution < -0.4 is 9.46 Å². The van der Waals surface area contributed by atoms with Gasteiger partial charge in [-0.2, -0.15) is 9.49 Å². The maximum Gasteiger partial charge on any atom is 0.222 e. The lowest BCUT2D eigenvalue weighted by Crippen LogP contribution is -1.96. The van der Waals surface area contributed by atoms with Crippen molar-refractivity contribution in [1.82, 2.24) is 24.7 Å². The molecule has 0 aliphatic heterocycles. The van der Waals surface area contributed by atoms with Gasteiger partial charge in [0.1, 0.15) is 17.4 Å². The third kappa shape index (κ3) is 5.11. The Morgan fingerprint density at radius 3 is 2.71 bits per heavy atom. The van der Waals surface area contributed by atoms with Gasteiger partial charge in [-0.3, -0.25) is 9.67 Å². The van der Waals surface area contributed by atoms with Crippen LogP contribution in [0.25, 0.3) is 22.4 Å². The Hall–Kier alpha value is -3.54. The molecule has 4 heterocycles. The van der Waals surface area contributed by atoms with E-state index in [4.69, 9.17) is 16.3 Å². The van der Waals surface area contributed by atoms with Gasteiger partial charge in [-0.05, 0) is 36.2 Å². The number of rotatable bonds is 7. The smallest absolute Gasteiger partial charge is 0.222 e. The third-order valence-corrected chi connectivity index (χ3v) is 6.55. The lowest BCUT2D eigenvalue weighted by molar-refractivity contribution is 0.474. The SMILES string of the molecule is Cn1cc(-c2cc(-c3cccnc3F)ncc2Oc2cc(F)c(SNc3cscn3)cc2Cl)cn1. The summed E-state index contributed by atoms with van der Waals surface area (Å²) in [6.45, 7) is 0. The van der Waals surface area contributed by atoms with Gasteiger partial charge in [0.05, 0.1) is 39.1 Å². The zero-order valence-corrected chi connectivity index (χ0v) is 20.3. The Bertz CT molecular complexity index is 1500. The van der Waals surface area contributed by atoms with E-state index in [-0.39, 0.29) is 21.2 Å². The average Bonchev–Trinajstić information content (AvgIpc) is 3.53. The number of nitrogens with zero attached hydrogens (tertiary/aromatic N) is 5. The van der Waals surface area contributed by atoms with Gasteiger partial charge < -0.3 is 9.46 Å². The first-order valence-corrected chi connectivity index (χ1v) is 12.2. The molecule has 0 spiro atoms. The minimum Gasteiger partial charge on any atom is -0.453 e. The molecule has 1 aromatic carbocycles. The second-order valence-electron chi connectivity index (χ2n) is 7.20. The number of pyridine rings is 2. The number of anilines is 1.